The molecule has 0 aliphatic heterocycles. The van der Waals surface area contributed by atoms with Crippen molar-refractivity contribution in [3.63, 3.8) is 0 Å². The first kappa shape index (κ1) is 62.7. The highest BCUT2D eigenvalue weighted by Crippen LogP contribution is 2.43. The van der Waals surface area contributed by atoms with Crippen LogP contribution < -0.4 is 0 Å². The molecule has 0 aliphatic carbocycles. The molecule has 0 unspecified atom stereocenters. The molecule has 8 heteroatoms. The molecule has 4 heterocycles. The Labute approximate surface area is 609 Å². The fourth-order valence-corrected chi connectivity index (χ4v) is 15.2. The van der Waals surface area contributed by atoms with E-state index >= 15 is 0 Å². The van der Waals surface area contributed by atoms with Crippen LogP contribution in [0, 0.1) is 0 Å². The van der Waals surface area contributed by atoms with Gasteiger partial charge in [-0.05, 0) is 210 Å². The fourth-order valence-electron chi connectivity index (χ4n) is 13.7. The van der Waals surface area contributed by atoms with Crippen LogP contribution in [0.1, 0.15) is 0 Å². The second kappa shape index (κ2) is 27.1. The molecule has 0 N–H and O–H groups in total. The number of furan rings is 4. The smallest absolute Gasteiger partial charge is 0.143 e. The van der Waals surface area contributed by atoms with Gasteiger partial charge in [0.05, 0.1) is 0 Å². The zero-order chi connectivity index (χ0) is 67.2. The Morgan fingerprint density at radius 3 is 1.08 bits per heavy atom. The van der Waals surface area contributed by atoms with Gasteiger partial charge in [-0.1, -0.05) is 276 Å². The van der Waals surface area contributed by atoms with E-state index in [2.05, 4.69) is 349 Å². The second-order valence-corrected chi connectivity index (χ2v) is 28.4. The highest BCUT2D eigenvalue weighted by Gasteiger charge is 2.17. The summed E-state index contributed by atoms with van der Waals surface area (Å²) in [7, 11) is 0. The van der Waals surface area contributed by atoms with Crippen LogP contribution >= 0.6 is 63.7 Å². The molecule has 100 heavy (non-hydrogen) atoms. The van der Waals surface area contributed by atoms with Crippen molar-refractivity contribution in [3.8, 4) is 66.8 Å². The standard InChI is InChI=1S/2C24H15BrO.2C22H13BrO/c25-20-11-8-16(9-12-20)17-4-3-5-18(14-17)19-10-13-24-22(15-19)21-6-1-2-7-23(21)26-24;25-20-13-18(16-6-2-1-3-7-16)12-19(14-20)17-10-11-24-22(15-17)21-8-4-5-9-23(21)26-24;23-15-11-9-14(10-12-15)19-13-20-17-6-3-4-8-21(17)24-22(20)18-7-2-1-5-16(18)19;23-16-11-14-5-1-2-6-17(14)19(13-16)15-9-10-22-20(12-15)18-7-3-4-8-21(18)24-22/h2*1-15H;2*1-13H. The molecule has 0 fully saturated rings. The molecule has 4 nitrogen and oxygen atoms in total. The largest absolute Gasteiger partial charge is 0.456 e. The van der Waals surface area contributed by atoms with Crippen LogP contribution in [0.5, 0.6) is 0 Å². The number of hydrogen-bond donors (Lipinski definition) is 0. The average Bonchev–Trinajstić information content (AvgIpc) is 1.55. The van der Waals surface area contributed by atoms with Gasteiger partial charge < -0.3 is 17.7 Å². The Kier molecular flexibility index (Phi) is 17.0. The predicted octanol–water partition coefficient (Wildman–Crippen LogP) is 29.7. The lowest BCUT2D eigenvalue weighted by atomic mass is 9.95. The lowest BCUT2D eigenvalue weighted by Crippen LogP contribution is -1.83. The first-order chi connectivity index (χ1) is 49.2. The summed E-state index contributed by atoms with van der Waals surface area (Å²) in [6.07, 6.45) is 0. The van der Waals surface area contributed by atoms with Crippen molar-refractivity contribution < 1.29 is 17.7 Å². The zero-order valence-electron chi connectivity index (χ0n) is 53.5. The van der Waals surface area contributed by atoms with E-state index in [0.29, 0.717) is 0 Å². The first-order valence-corrected chi connectivity index (χ1v) is 36.1. The van der Waals surface area contributed by atoms with Crippen LogP contribution in [0.15, 0.2) is 375 Å². The van der Waals surface area contributed by atoms with Gasteiger partial charge in [-0.2, -0.15) is 0 Å². The zero-order valence-corrected chi connectivity index (χ0v) is 59.8. The lowest BCUT2D eigenvalue weighted by molar-refractivity contribution is 0.668. The van der Waals surface area contributed by atoms with Crippen LogP contribution in [0.3, 0.4) is 0 Å². The molecule has 0 aliphatic rings. The number of para-hydroxylation sites is 4. The van der Waals surface area contributed by atoms with Crippen molar-refractivity contribution >= 4 is 173 Å². The third-order valence-corrected chi connectivity index (χ3v) is 20.5. The Hall–Kier alpha value is -10.8. The van der Waals surface area contributed by atoms with E-state index in [9.17, 15) is 0 Å². The maximum atomic E-state index is 6.17. The molecule has 20 rings (SSSR count). The van der Waals surface area contributed by atoms with Crippen molar-refractivity contribution in [1.29, 1.82) is 0 Å². The van der Waals surface area contributed by atoms with Gasteiger partial charge in [-0.15, -0.1) is 0 Å². The van der Waals surface area contributed by atoms with Crippen LogP contribution in [-0.4, -0.2) is 0 Å². The minimum Gasteiger partial charge on any atom is -0.456 e. The topological polar surface area (TPSA) is 52.6 Å². The molecule has 20 aromatic rings. The molecule has 0 radical (unpaired) electrons. The molecule has 0 atom stereocenters. The Bertz CT molecular complexity index is 6460. The van der Waals surface area contributed by atoms with Gasteiger partial charge in [0.1, 0.15) is 44.7 Å². The van der Waals surface area contributed by atoms with Crippen LogP contribution in [0.25, 0.3) is 176 Å². The SMILES string of the molecule is Brc1cc(-c2ccc3oc4ccccc4c3c2)c2ccccc2c1.Brc1cc(-c2ccccc2)cc(-c2ccc3oc4ccccc4c3c2)c1.Brc1ccc(-c2cc3c4ccccc4oc3c3ccccc23)cc1.Brc1ccc(-c2cccc(-c3ccc4oc5ccccc5c4c3)c2)cc1. The molecule has 0 saturated heterocycles. The summed E-state index contributed by atoms with van der Waals surface area (Å²) >= 11 is 14.3. The Morgan fingerprint density at radius 2 is 0.510 bits per heavy atom. The average molecular weight is 1550 g/mol. The summed E-state index contributed by atoms with van der Waals surface area (Å²) < 4.78 is 28.4. The number of benzene rings is 16. The molecule has 0 amide bonds. The third kappa shape index (κ3) is 12.4. The normalized spacial score (nSPS) is 11.4. The number of rotatable bonds is 6. The van der Waals surface area contributed by atoms with E-state index in [1.165, 1.54) is 88.3 Å². The number of halogens is 4. The minimum atomic E-state index is 0.924. The highest BCUT2D eigenvalue weighted by atomic mass is 79.9. The number of fused-ring (bicyclic) bond motifs is 15. The third-order valence-electron chi connectivity index (χ3n) is 18.5. The minimum absolute atomic E-state index is 0.924. The van der Waals surface area contributed by atoms with Gasteiger partial charge >= 0.3 is 0 Å². The lowest BCUT2D eigenvalue weighted by Gasteiger charge is -2.08. The van der Waals surface area contributed by atoms with Crippen molar-refractivity contribution in [2.75, 3.05) is 0 Å². The number of hydrogen-bond acceptors (Lipinski definition) is 4. The summed E-state index contributed by atoms with van der Waals surface area (Å²) in [6, 6.07) is 118. The molecule has 476 valence electrons. The molecule has 16 aromatic carbocycles. The molecular weight excluding hydrogens is 1490 g/mol. The van der Waals surface area contributed by atoms with E-state index < -0.39 is 0 Å². The summed E-state index contributed by atoms with van der Waals surface area (Å²) in [4.78, 5) is 0. The maximum Gasteiger partial charge on any atom is 0.143 e. The van der Waals surface area contributed by atoms with Gasteiger partial charge in [0.2, 0.25) is 0 Å². The van der Waals surface area contributed by atoms with Gasteiger partial charge in [0.15, 0.2) is 0 Å². The van der Waals surface area contributed by atoms with E-state index in [1.807, 2.05) is 54.6 Å². The molecule has 4 aromatic heterocycles. The van der Waals surface area contributed by atoms with E-state index in [4.69, 9.17) is 17.7 Å². The molecule has 0 bridgehead atoms. The van der Waals surface area contributed by atoms with Crippen LogP contribution in [0.4, 0.5) is 0 Å². The van der Waals surface area contributed by atoms with Crippen LogP contribution in [0.2, 0.25) is 0 Å². The van der Waals surface area contributed by atoms with E-state index in [-0.39, 0.29) is 0 Å². The maximum absolute atomic E-state index is 6.17. The quantitative estimate of drug-likeness (QED) is 0.166. The van der Waals surface area contributed by atoms with E-state index in [0.717, 1.165) is 106 Å². The van der Waals surface area contributed by atoms with Gasteiger partial charge in [0.25, 0.3) is 0 Å². The second-order valence-electron chi connectivity index (χ2n) is 24.7. The highest BCUT2D eigenvalue weighted by molar-refractivity contribution is 9.11. The van der Waals surface area contributed by atoms with Crippen molar-refractivity contribution in [2.24, 2.45) is 0 Å². The molecular formula is C92H56Br4O4. The van der Waals surface area contributed by atoms with Gasteiger partial charge in [-0.25, -0.2) is 0 Å². The van der Waals surface area contributed by atoms with Gasteiger partial charge in [0, 0.05) is 66.4 Å². The summed E-state index contributed by atoms with van der Waals surface area (Å²) in [5.74, 6) is 0. The summed E-state index contributed by atoms with van der Waals surface area (Å²) in [6.45, 7) is 0. The van der Waals surface area contributed by atoms with Gasteiger partial charge in [-0.3, -0.25) is 0 Å². The van der Waals surface area contributed by atoms with Crippen molar-refractivity contribution in [1.82, 2.24) is 0 Å². The van der Waals surface area contributed by atoms with Crippen molar-refractivity contribution in [2.45, 2.75) is 0 Å². The van der Waals surface area contributed by atoms with Crippen LogP contribution in [-0.2, 0) is 0 Å². The monoisotopic (exact) mass is 1540 g/mol. The summed E-state index contributed by atoms with van der Waals surface area (Å²) in [5, 5.41) is 14.1. The van der Waals surface area contributed by atoms with E-state index in [1.54, 1.807) is 0 Å². The predicted molar refractivity (Wildman–Crippen MR) is 433 cm³/mol. The molecule has 0 saturated carbocycles. The summed E-state index contributed by atoms with van der Waals surface area (Å²) in [5.41, 5.74) is 22.0. The Morgan fingerprint density at radius 1 is 0.160 bits per heavy atom. The van der Waals surface area contributed by atoms with Crippen molar-refractivity contribution in [3.05, 3.63) is 358 Å². The fraction of sp³-hybridized carbons (Fsp3) is 0. The Balaban J connectivity index is 0.0000000997. The first-order valence-electron chi connectivity index (χ1n) is 32.9. The molecule has 0 spiro atoms.